The van der Waals surface area contributed by atoms with Gasteiger partial charge in [0.05, 0.1) is 17.1 Å². The largest absolute Gasteiger partial charge is 0.456 e. The number of anilines is 1. The number of benzene rings is 4. The molecule has 0 radical (unpaired) electrons. The number of hydrogen-bond donors (Lipinski definition) is 2. The molecule has 0 unspecified atom stereocenters. The minimum Gasteiger partial charge on any atom is -0.456 e. The summed E-state index contributed by atoms with van der Waals surface area (Å²) in [7, 11) is 0. The number of nitrogens with two attached hydrogens (primary N) is 2. The summed E-state index contributed by atoms with van der Waals surface area (Å²) in [5, 5.41) is 2.09. The fourth-order valence-electron chi connectivity index (χ4n) is 6.68. The van der Waals surface area contributed by atoms with Gasteiger partial charge in [-0.1, -0.05) is 75.0 Å². The van der Waals surface area contributed by atoms with Crippen molar-refractivity contribution in [2.75, 3.05) is 4.90 Å². The molecule has 3 heterocycles. The zero-order valence-electron chi connectivity index (χ0n) is 21.9. The van der Waals surface area contributed by atoms with E-state index in [2.05, 4.69) is 81.1 Å². The first-order valence-electron chi connectivity index (χ1n) is 13.2. The van der Waals surface area contributed by atoms with Gasteiger partial charge in [-0.3, -0.25) is 4.90 Å². The van der Waals surface area contributed by atoms with Crippen molar-refractivity contribution >= 4 is 38.8 Å². The van der Waals surface area contributed by atoms with Crippen molar-refractivity contribution in [3.8, 4) is 11.1 Å². The minimum absolute atomic E-state index is 0.0406. The predicted molar refractivity (Wildman–Crippen MR) is 161 cm³/mol. The average Bonchev–Trinajstić information content (AvgIpc) is 3.43. The summed E-state index contributed by atoms with van der Waals surface area (Å²) in [6.07, 6.45) is 4.30. The summed E-state index contributed by atoms with van der Waals surface area (Å²) in [5.74, 6) is 0.549. The molecule has 0 spiro atoms. The first-order valence-corrected chi connectivity index (χ1v) is 13.2. The van der Waals surface area contributed by atoms with Gasteiger partial charge in [0.25, 0.3) is 0 Å². The predicted octanol–water partition coefficient (Wildman–Crippen LogP) is 7.79. The van der Waals surface area contributed by atoms with E-state index in [-0.39, 0.29) is 5.41 Å². The molecule has 0 amide bonds. The third-order valence-electron chi connectivity index (χ3n) is 8.66. The molecule has 0 fully saturated rings. The summed E-state index contributed by atoms with van der Waals surface area (Å²) < 4.78 is 6.22. The van der Waals surface area contributed by atoms with E-state index < -0.39 is 0 Å². The molecule has 1 aliphatic carbocycles. The Labute approximate surface area is 226 Å². The van der Waals surface area contributed by atoms with E-state index in [1.807, 2.05) is 35.2 Å². The van der Waals surface area contributed by atoms with Crippen molar-refractivity contribution in [1.82, 2.24) is 0 Å². The second kappa shape index (κ2) is 7.33. The van der Waals surface area contributed by atoms with Crippen LogP contribution in [0.3, 0.4) is 0 Å². The van der Waals surface area contributed by atoms with Gasteiger partial charge in [-0.2, -0.15) is 0 Å². The zero-order chi connectivity index (χ0) is 26.6. The van der Waals surface area contributed by atoms with E-state index in [1.54, 1.807) is 0 Å². The van der Waals surface area contributed by atoms with E-state index in [1.165, 1.54) is 22.3 Å². The molecule has 0 saturated carbocycles. The van der Waals surface area contributed by atoms with Crippen molar-refractivity contribution < 1.29 is 4.42 Å². The van der Waals surface area contributed by atoms with Gasteiger partial charge in [-0.25, -0.2) is 0 Å². The fourth-order valence-corrected chi connectivity index (χ4v) is 6.68. The minimum atomic E-state index is -0.0406. The van der Waals surface area contributed by atoms with Gasteiger partial charge < -0.3 is 15.9 Å². The van der Waals surface area contributed by atoms with E-state index in [4.69, 9.17) is 15.9 Å². The van der Waals surface area contributed by atoms with Crippen molar-refractivity contribution in [2.24, 2.45) is 11.5 Å². The fraction of sp³-hybridized carbons (Fsp3) is 0.0857. The maximum Gasteiger partial charge on any atom is 0.136 e. The standard InChI is InChI=1S/C35H27N3O/c1-19-16-21(20-12-13-26-24(17-20)22-8-4-6-10-25(22)35(26,2)3)18-28-33(36)34(37)38(28)27-14-15-30-32(31(19)27)23-9-5-7-11-29(23)39-30/h4-18H,1,36-37H2,2-3H3/b21-16+,28-18-. The van der Waals surface area contributed by atoms with Gasteiger partial charge in [0.15, 0.2) is 0 Å². The van der Waals surface area contributed by atoms with Crippen LogP contribution in [-0.4, -0.2) is 0 Å². The molecule has 39 heavy (non-hydrogen) atoms. The van der Waals surface area contributed by atoms with Crippen LogP contribution in [0, 0.1) is 0 Å². The van der Waals surface area contributed by atoms with Gasteiger partial charge in [0.2, 0.25) is 0 Å². The van der Waals surface area contributed by atoms with Gasteiger partial charge in [-0.05, 0) is 75.4 Å². The number of nitrogens with zero attached hydrogens (tertiary/aromatic N) is 1. The molecular weight excluding hydrogens is 478 g/mol. The Balaban J connectivity index is 1.38. The third kappa shape index (κ3) is 2.78. The molecule has 5 aromatic rings. The van der Waals surface area contributed by atoms with Gasteiger partial charge in [0, 0.05) is 21.8 Å². The third-order valence-corrected chi connectivity index (χ3v) is 8.66. The average molecular weight is 506 g/mol. The van der Waals surface area contributed by atoms with Crippen molar-refractivity contribution in [1.29, 1.82) is 0 Å². The first kappa shape index (κ1) is 22.1. The highest BCUT2D eigenvalue weighted by Gasteiger charge is 2.37. The Morgan fingerprint density at radius 3 is 2.44 bits per heavy atom. The highest BCUT2D eigenvalue weighted by Crippen LogP contribution is 2.50. The number of rotatable bonds is 1. The first-order chi connectivity index (χ1) is 18.8. The lowest BCUT2D eigenvalue weighted by molar-refractivity contribution is 0.660. The van der Waals surface area contributed by atoms with Crippen LogP contribution in [0.1, 0.15) is 36.1 Å². The molecular formula is C35H27N3O. The molecule has 1 aromatic heterocycles. The van der Waals surface area contributed by atoms with E-state index in [9.17, 15) is 0 Å². The van der Waals surface area contributed by atoms with Crippen molar-refractivity contribution in [3.05, 3.63) is 137 Å². The summed E-state index contributed by atoms with van der Waals surface area (Å²) >= 11 is 0. The van der Waals surface area contributed by atoms with E-state index in [0.29, 0.717) is 11.5 Å². The molecule has 0 atom stereocenters. The quantitative estimate of drug-likeness (QED) is 0.244. The second-order valence-electron chi connectivity index (χ2n) is 11.2. The smallest absolute Gasteiger partial charge is 0.136 e. The maximum absolute atomic E-state index is 6.50. The molecule has 0 bridgehead atoms. The summed E-state index contributed by atoms with van der Waals surface area (Å²) in [4.78, 5) is 2.04. The number of hydrogen-bond acceptors (Lipinski definition) is 4. The number of furan rings is 1. The van der Waals surface area contributed by atoms with Crippen molar-refractivity contribution in [2.45, 2.75) is 19.3 Å². The lowest BCUT2D eigenvalue weighted by Crippen LogP contribution is -2.42. The number of fused-ring (bicyclic) bond motifs is 10. The molecule has 2 aliphatic heterocycles. The lowest BCUT2D eigenvalue weighted by atomic mass is 9.82. The van der Waals surface area contributed by atoms with E-state index in [0.717, 1.165) is 55.6 Å². The maximum atomic E-state index is 6.50. The Hall–Kier alpha value is -4.96. The molecule has 3 aliphatic rings. The van der Waals surface area contributed by atoms with Crippen LogP contribution < -0.4 is 16.4 Å². The van der Waals surface area contributed by atoms with E-state index >= 15 is 0 Å². The van der Waals surface area contributed by atoms with Crippen LogP contribution in [0.25, 0.3) is 44.2 Å². The molecule has 8 rings (SSSR count). The monoisotopic (exact) mass is 505 g/mol. The number of allylic oxidation sites excluding steroid dienone is 4. The van der Waals surface area contributed by atoms with Gasteiger partial charge >= 0.3 is 0 Å². The van der Waals surface area contributed by atoms with Crippen molar-refractivity contribution in [3.63, 3.8) is 0 Å². The molecule has 4 nitrogen and oxygen atoms in total. The lowest BCUT2D eigenvalue weighted by Gasteiger charge is -2.39. The van der Waals surface area contributed by atoms with Crippen LogP contribution in [0.5, 0.6) is 0 Å². The van der Waals surface area contributed by atoms with Gasteiger partial charge in [0.1, 0.15) is 17.0 Å². The van der Waals surface area contributed by atoms with Crippen LogP contribution in [0.15, 0.2) is 119 Å². The molecule has 0 saturated heterocycles. The number of para-hydroxylation sites is 1. The Bertz CT molecular complexity index is 2030. The summed E-state index contributed by atoms with van der Waals surface area (Å²) in [6.45, 7) is 9.17. The SMILES string of the molecule is C=C1/C=C(c2ccc3c(c2)-c2ccccc2C3(C)C)\C=C2\C(N)=C(N)N2c2ccc3oc4ccccc4c3c21. The van der Waals surface area contributed by atoms with Crippen LogP contribution >= 0.6 is 0 Å². The Kier molecular flexibility index (Phi) is 4.14. The highest BCUT2D eigenvalue weighted by atomic mass is 16.3. The molecule has 4 heteroatoms. The Morgan fingerprint density at radius 2 is 1.56 bits per heavy atom. The summed E-state index contributed by atoms with van der Waals surface area (Å²) in [6, 6.07) is 27.7. The second-order valence-corrected chi connectivity index (χ2v) is 11.2. The summed E-state index contributed by atoms with van der Waals surface area (Å²) in [5.41, 5.74) is 26.4. The zero-order valence-corrected chi connectivity index (χ0v) is 21.9. The highest BCUT2D eigenvalue weighted by molar-refractivity contribution is 6.15. The van der Waals surface area contributed by atoms with Crippen LogP contribution in [0.2, 0.25) is 0 Å². The molecule has 4 aromatic carbocycles. The van der Waals surface area contributed by atoms with Gasteiger partial charge in [-0.15, -0.1) is 0 Å². The molecule has 188 valence electrons. The Morgan fingerprint density at radius 1 is 0.795 bits per heavy atom. The van der Waals surface area contributed by atoms with Crippen LogP contribution in [0.4, 0.5) is 5.69 Å². The topological polar surface area (TPSA) is 68.4 Å². The molecule has 4 N–H and O–H groups in total. The van der Waals surface area contributed by atoms with Crippen LogP contribution in [-0.2, 0) is 5.41 Å². The normalized spacial score (nSPS) is 19.7.